The topological polar surface area (TPSA) is 105 Å². The van der Waals surface area contributed by atoms with Crippen LogP contribution in [0.2, 0.25) is 0 Å². The molecule has 25 heavy (non-hydrogen) atoms. The number of hydrogen-bond donors (Lipinski definition) is 0. The second-order valence-corrected chi connectivity index (χ2v) is 5.55. The van der Waals surface area contributed by atoms with Crippen LogP contribution >= 0.6 is 11.8 Å². The molecular weight excluding hydrogens is 346 g/mol. The monoisotopic (exact) mass is 365 g/mol. The van der Waals surface area contributed by atoms with E-state index in [-0.39, 0.29) is 17.2 Å². The molecular formula is C15H19N5O4S. The van der Waals surface area contributed by atoms with Gasteiger partial charge in [0.05, 0.1) is 24.9 Å². The number of methoxy groups -OCH3 is 1. The van der Waals surface area contributed by atoms with Crippen LogP contribution in [0.1, 0.15) is 25.2 Å². The molecule has 0 unspecified atom stereocenters. The molecule has 0 amide bonds. The highest BCUT2D eigenvalue weighted by molar-refractivity contribution is 7.98. The van der Waals surface area contributed by atoms with E-state index in [1.165, 1.54) is 31.2 Å². The lowest BCUT2D eigenvalue weighted by molar-refractivity contribution is -0.385. The second kappa shape index (κ2) is 8.47. The fourth-order valence-corrected chi connectivity index (χ4v) is 2.59. The highest BCUT2D eigenvalue weighted by Gasteiger charge is 2.21. The average molecular weight is 365 g/mol. The van der Waals surface area contributed by atoms with Gasteiger partial charge in [-0.3, -0.25) is 10.1 Å². The fraction of sp³-hybridized carbons (Fsp3) is 0.400. The highest BCUT2D eigenvalue weighted by Crippen LogP contribution is 2.38. The summed E-state index contributed by atoms with van der Waals surface area (Å²) in [5, 5.41) is 24.4. The second-order valence-electron chi connectivity index (χ2n) is 4.77. The highest BCUT2D eigenvalue weighted by atomic mass is 32.2. The van der Waals surface area contributed by atoms with Gasteiger partial charge in [0.2, 0.25) is 10.9 Å². The van der Waals surface area contributed by atoms with Crippen molar-refractivity contribution in [2.45, 2.75) is 25.4 Å². The Kier molecular flexibility index (Phi) is 6.34. The Balaban J connectivity index is 2.48. The van der Waals surface area contributed by atoms with Gasteiger partial charge < -0.3 is 9.47 Å². The number of aryl methyl sites for hydroxylation is 1. The number of hydrogen-bond acceptors (Lipinski definition) is 8. The number of ether oxygens (including phenoxy) is 2. The summed E-state index contributed by atoms with van der Waals surface area (Å²) in [4.78, 5) is 10.8. The first-order valence-corrected chi connectivity index (χ1v) is 8.79. The predicted octanol–water partition coefficient (Wildman–Crippen LogP) is 2.76. The molecule has 2 rings (SSSR count). The third-order valence-electron chi connectivity index (χ3n) is 3.26. The average Bonchev–Trinajstić information content (AvgIpc) is 3.02. The molecule has 0 N–H and O–H groups in total. The molecule has 1 aromatic heterocycles. The largest absolute Gasteiger partial charge is 0.493 e. The molecule has 0 bridgehead atoms. The van der Waals surface area contributed by atoms with E-state index in [9.17, 15) is 10.1 Å². The van der Waals surface area contributed by atoms with Gasteiger partial charge in [-0.25, -0.2) is 0 Å². The van der Waals surface area contributed by atoms with Crippen LogP contribution in [-0.4, -0.2) is 46.0 Å². The lowest BCUT2D eigenvalue weighted by Crippen LogP contribution is -2.02. The molecule has 0 aliphatic rings. The Bertz CT molecular complexity index is 769. The molecule has 0 aliphatic heterocycles. The summed E-state index contributed by atoms with van der Waals surface area (Å²) in [5.41, 5.74) is 0.335. The molecule has 0 aliphatic carbocycles. The maximum Gasteiger partial charge on any atom is 0.315 e. The number of nitrogens with zero attached hydrogens (tertiary/aromatic N) is 5. The summed E-state index contributed by atoms with van der Waals surface area (Å²) in [6, 6.07) is 3.03. The van der Waals surface area contributed by atoms with Crippen molar-refractivity contribution < 1.29 is 14.4 Å². The molecule has 0 atom stereocenters. The lowest BCUT2D eigenvalue weighted by atomic mass is 10.2. The number of nitro benzene ring substituents is 1. The van der Waals surface area contributed by atoms with Crippen LogP contribution in [-0.2, 0) is 6.42 Å². The van der Waals surface area contributed by atoms with E-state index in [2.05, 4.69) is 15.3 Å². The van der Waals surface area contributed by atoms with Crippen LogP contribution in [0.3, 0.4) is 0 Å². The van der Waals surface area contributed by atoms with Gasteiger partial charge >= 0.3 is 5.69 Å². The van der Waals surface area contributed by atoms with Gasteiger partial charge in [0.25, 0.3) is 0 Å². The molecule has 1 aromatic carbocycles. The number of thioether (sulfide) groups is 1. The van der Waals surface area contributed by atoms with Gasteiger partial charge in [-0.1, -0.05) is 18.7 Å². The van der Waals surface area contributed by atoms with Crippen molar-refractivity contribution in [3.05, 3.63) is 33.6 Å². The fourth-order valence-electron chi connectivity index (χ4n) is 2.14. The van der Waals surface area contributed by atoms with Crippen LogP contribution in [0, 0.1) is 10.1 Å². The molecule has 0 saturated heterocycles. The van der Waals surface area contributed by atoms with Gasteiger partial charge in [-0.05, 0) is 19.2 Å². The summed E-state index contributed by atoms with van der Waals surface area (Å²) in [7, 11) is 1.43. The standard InChI is InChI=1S/C15H19N5O4S/c1-5-13-17-18-15(25-4)19(13)16-9-10-7-11(20(21)22)14(24-6-2)12(8-10)23-3/h7-9H,5-6H2,1-4H3/b16-9-. The van der Waals surface area contributed by atoms with Gasteiger partial charge in [0.1, 0.15) is 0 Å². The smallest absolute Gasteiger partial charge is 0.315 e. The minimum absolute atomic E-state index is 0.107. The van der Waals surface area contributed by atoms with E-state index < -0.39 is 4.92 Å². The normalized spacial score (nSPS) is 11.0. The van der Waals surface area contributed by atoms with Crippen molar-refractivity contribution in [3.8, 4) is 11.5 Å². The third-order valence-corrected chi connectivity index (χ3v) is 3.88. The number of aromatic nitrogens is 3. The first-order chi connectivity index (χ1) is 12.0. The van der Waals surface area contributed by atoms with Gasteiger partial charge in [-0.15, -0.1) is 10.2 Å². The number of benzene rings is 1. The van der Waals surface area contributed by atoms with Crippen molar-refractivity contribution in [1.82, 2.24) is 14.9 Å². The summed E-state index contributed by atoms with van der Waals surface area (Å²) >= 11 is 1.41. The van der Waals surface area contributed by atoms with E-state index in [1.54, 1.807) is 17.7 Å². The van der Waals surface area contributed by atoms with Crippen molar-refractivity contribution in [3.63, 3.8) is 0 Å². The SMILES string of the molecule is CCOc1c(OC)cc(/C=N\n2c(CC)nnc2SC)cc1[N+](=O)[O-]. The first-order valence-electron chi connectivity index (χ1n) is 7.57. The molecule has 1 heterocycles. The zero-order valence-electron chi connectivity index (χ0n) is 14.4. The van der Waals surface area contributed by atoms with Gasteiger partial charge in [-0.2, -0.15) is 9.78 Å². The molecule has 0 saturated carbocycles. The van der Waals surface area contributed by atoms with Crippen molar-refractivity contribution in [2.24, 2.45) is 5.10 Å². The van der Waals surface area contributed by atoms with Crippen LogP contribution in [0.4, 0.5) is 5.69 Å². The van der Waals surface area contributed by atoms with Crippen molar-refractivity contribution in [1.29, 1.82) is 0 Å². The third kappa shape index (κ3) is 4.08. The maximum atomic E-state index is 11.3. The maximum absolute atomic E-state index is 11.3. The number of rotatable bonds is 8. The molecule has 2 aromatic rings. The Labute approximate surface area is 149 Å². The van der Waals surface area contributed by atoms with Gasteiger partial charge in [0.15, 0.2) is 11.6 Å². The van der Waals surface area contributed by atoms with E-state index in [4.69, 9.17) is 9.47 Å². The predicted molar refractivity (Wildman–Crippen MR) is 95.0 cm³/mol. The number of nitro groups is 1. The Hall–Kier alpha value is -2.62. The minimum atomic E-state index is -0.506. The quantitative estimate of drug-likeness (QED) is 0.306. The van der Waals surface area contributed by atoms with E-state index in [0.717, 1.165) is 0 Å². The summed E-state index contributed by atoms with van der Waals surface area (Å²) in [5.74, 6) is 1.09. The van der Waals surface area contributed by atoms with Gasteiger partial charge in [0, 0.05) is 18.1 Å². The minimum Gasteiger partial charge on any atom is -0.493 e. The summed E-state index contributed by atoms with van der Waals surface area (Å²) in [6.45, 7) is 3.99. The Morgan fingerprint density at radius 3 is 2.72 bits per heavy atom. The van der Waals surface area contributed by atoms with E-state index >= 15 is 0 Å². The van der Waals surface area contributed by atoms with Crippen LogP contribution in [0.5, 0.6) is 11.5 Å². The van der Waals surface area contributed by atoms with Crippen molar-refractivity contribution in [2.75, 3.05) is 20.0 Å². The lowest BCUT2D eigenvalue weighted by Gasteiger charge is -2.10. The first kappa shape index (κ1) is 18.7. The molecule has 9 nitrogen and oxygen atoms in total. The molecule has 10 heteroatoms. The summed E-state index contributed by atoms with van der Waals surface area (Å²) < 4.78 is 12.2. The van der Waals surface area contributed by atoms with E-state index in [0.29, 0.717) is 29.6 Å². The van der Waals surface area contributed by atoms with Crippen LogP contribution in [0.25, 0.3) is 0 Å². The Morgan fingerprint density at radius 1 is 1.40 bits per heavy atom. The zero-order valence-corrected chi connectivity index (χ0v) is 15.2. The van der Waals surface area contributed by atoms with Crippen LogP contribution in [0.15, 0.2) is 22.4 Å². The Morgan fingerprint density at radius 2 is 2.16 bits per heavy atom. The molecule has 0 radical (unpaired) electrons. The molecule has 134 valence electrons. The molecule has 0 spiro atoms. The van der Waals surface area contributed by atoms with Crippen molar-refractivity contribution >= 4 is 23.7 Å². The van der Waals surface area contributed by atoms with Crippen LogP contribution < -0.4 is 9.47 Å². The van der Waals surface area contributed by atoms with E-state index in [1.807, 2.05) is 13.2 Å². The summed E-state index contributed by atoms with van der Waals surface area (Å²) in [6.07, 6.45) is 4.05. The molecule has 0 fully saturated rings. The zero-order chi connectivity index (χ0) is 18.4.